The summed E-state index contributed by atoms with van der Waals surface area (Å²) in [7, 11) is 0. The highest BCUT2D eigenvalue weighted by molar-refractivity contribution is 5.96. The number of ether oxygens (including phenoxy) is 1. The molecule has 1 aliphatic carbocycles. The molecule has 1 saturated carbocycles. The Kier molecular flexibility index (Phi) is 5.86. The third-order valence-electron chi connectivity index (χ3n) is 4.90. The zero-order valence-corrected chi connectivity index (χ0v) is 14.1. The predicted molar refractivity (Wildman–Crippen MR) is 93.0 cm³/mol. The van der Waals surface area contributed by atoms with Crippen LogP contribution in [-0.4, -0.2) is 31.1 Å². The molecule has 2 aliphatic rings. The summed E-state index contributed by atoms with van der Waals surface area (Å²) in [5.74, 6) is 0.133. The van der Waals surface area contributed by atoms with Crippen molar-refractivity contribution < 1.29 is 14.3 Å². The first kappa shape index (κ1) is 17.0. The topological polar surface area (TPSA) is 67.4 Å². The molecule has 1 aromatic carbocycles. The number of benzene rings is 1. The van der Waals surface area contributed by atoms with Gasteiger partial charge in [0.05, 0.1) is 6.10 Å². The number of nitrogens with one attached hydrogen (secondary N) is 2. The van der Waals surface area contributed by atoms with Gasteiger partial charge in [-0.15, -0.1) is 0 Å². The Morgan fingerprint density at radius 2 is 1.75 bits per heavy atom. The molecule has 0 aromatic heterocycles. The molecule has 2 amide bonds. The first-order chi connectivity index (χ1) is 11.7. The minimum atomic E-state index is -0.101. The van der Waals surface area contributed by atoms with E-state index in [0.29, 0.717) is 12.1 Å². The van der Waals surface area contributed by atoms with Crippen LogP contribution in [0.4, 0.5) is 5.69 Å². The number of amides is 2. The summed E-state index contributed by atoms with van der Waals surface area (Å²) in [6.07, 6.45) is 7.69. The molecule has 1 aromatic rings. The number of anilines is 1. The van der Waals surface area contributed by atoms with Gasteiger partial charge in [0.2, 0.25) is 5.91 Å². The molecular weight excluding hydrogens is 304 g/mol. The molecule has 1 heterocycles. The standard InChI is InChI=1S/C19H26N2O3/c22-18(20-13-17-7-4-12-24-17)15-8-10-16(11-9-15)21-19(23)14-5-2-1-3-6-14/h8-11,14,17H,1-7,12-13H2,(H,20,22)(H,21,23). The van der Waals surface area contributed by atoms with Crippen molar-refractivity contribution in [2.45, 2.75) is 51.0 Å². The van der Waals surface area contributed by atoms with Crippen LogP contribution in [0.2, 0.25) is 0 Å². The number of carbonyl (C=O) groups excluding carboxylic acids is 2. The van der Waals surface area contributed by atoms with Gasteiger partial charge in [0.15, 0.2) is 0 Å². The van der Waals surface area contributed by atoms with Crippen LogP contribution in [0.25, 0.3) is 0 Å². The van der Waals surface area contributed by atoms with Gasteiger partial charge in [0.1, 0.15) is 0 Å². The van der Waals surface area contributed by atoms with Crippen LogP contribution in [0.3, 0.4) is 0 Å². The molecule has 1 atom stereocenters. The van der Waals surface area contributed by atoms with Crippen LogP contribution < -0.4 is 10.6 Å². The Labute approximate surface area is 143 Å². The van der Waals surface area contributed by atoms with Crippen LogP contribution in [0.1, 0.15) is 55.3 Å². The average molecular weight is 330 g/mol. The molecule has 24 heavy (non-hydrogen) atoms. The van der Waals surface area contributed by atoms with Gasteiger partial charge in [0.25, 0.3) is 5.91 Å². The lowest BCUT2D eigenvalue weighted by Crippen LogP contribution is -2.31. The second-order valence-electron chi connectivity index (χ2n) is 6.75. The first-order valence-corrected chi connectivity index (χ1v) is 9.03. The molecule has 2 N–H and O–H groups in total. The fraction of sp³-hybridized carbons (Fsp3) is 0.579. The molecule has 3 rings (SSSR count). The van der Waals surface area contributed by atoms with E-state index in [2.05, 4.69) is 10.6 Å². The highest BCUT2D eigenvalue weighted by Crippen LogP contribution is 2.25. The Morgan fingerprint density at radius 1 is 1.00 bits per heavy atom. The smallest absolute Gasteiger partial charge is 0.251 e. The fourth-order valence-corrected chi connectivity index (χ4v) is 3.43. The monoisotopic (exact) mass is 330 g/mol. The maximum atomic E-state index is 12.2. The summed E-state index contributed by atoms with van der Waals surface area (Å²) in [6.45, 7) is 1.34. The van der Waals surface area contributed by atoms with Crippen molar-refractivity contribution in [1.29, 1.82) is 0 Å². The molecule has 5 heteroatoms. The van der Waals surface area contributed by atoms with Crippen LogP contribution in [-0.2, 0) is 9.53 Å². The Hall–Kier alpha value is -1.88. The Balaban J connectivity index is 1.48. The summed E-state index contributed by atoms with van der Waals surface area (Å²) in [4.78, 5) is 24.4. The lowest BCUT2D eigenvalue weighted by atomic mass is 9.88. The largest absolute Gasteiger partial charge is 0.376 e. The van der Waals surface area contributed by atoms with Gasteiger partial charge in [-0.3, -0.25) is 9.59 Å². The third-order valence-corrected chi connectivity index (χ3v) is 4.90. The van der Waals surface area contributed by atoms with Crippen LogP contribution in [0.15, 0.2) is 24.3 Å². The zero-order valence-electron chi connectivity index (χ0n) is 14.1. The highest BCUT2D eigenvalue weighted by atomic mass is 16.5. The maximum absolute atomic E-state index is 12.2. The average Bonchev–Trinajstić information content (AvgIpc) is 3.14. The van der Waals surface area contributed by atoms with E-state index < -0.39 is 0 Å². The maximum Gasteiger partial charge on any atom is 0.251 e. The third kappa shape index (κ3) is 4.57. The van der Waals surface area contributed by atoms with Gasteiger partial charge >= 0.3 is 0 Å². The first-order valence-electron chi connectivity index (χ1n) is 9.03. The summed E-state index contributed by atoms with van der Waals surface area (Å²) >= 11 is 0. The van der Waals surface area contributed by atoms with Crippen molar-refractivity contribution in [3.8, 4) is 0 Å². The van der Waals surface area contributed by atoms with Crippen LogP contribution in [0.5, 0.6) is 0 Å². The molecule has 2 fully saturated rings. The number of rotatable bonds is 5. The van der Waals surface area contributed by atoms with E-state index in [1.54, 1.807) is 24.3 Å². The van der Waals surface area contributed by atoms with Gasteiger partial charge < -0.3 is 15.4 Å². The van der Waals surface area contributed by atoms with Gasteiger partial charge in [-0.05, 0) is 49.9 Å². The number of hydrogen-bond donors (Lipinski definition) is 2. The van der Waals surface area contributed by atoms with Crippen LogP contribution >= 0.6 is 0 Å². The van der Waals surface area contributed by atoms with E-state index in [-0.39, 0.29) is 23.8 Å². The second-order valence-corrected chi connectivity index (χ2v) is 6.75. The van der Waals surface area contributed by atoms with Crippen LogP contribution in [0, 0.1) is 5.92 Å². The Morgan fingerprint density at radius 3 is 2.42 bits per heavy atom. The summed E-state index contributed by atoms with van der Waals surface area (Å²) in [5, 5.41) is 5.87. The Bertz CT molecular complexity index is 558. The van der Waals surface area contributed by atoms with Crippen molar-refractivity contribution in [2.24, 2.45) is 5.92 Å². The molecule has 5 nitrogen and oxygen atoms in total. The minimum absolute atomic E-state index is 0.101. The van der Waals surface area contributed by atoms with Crippen molar-refractivity contribution >= 4 is 17.5 Å². The van der Waals surface area contributed by atoms with E-state index in [9.17, 15) is 9.59 Å². The molecule has 0 spiro atoms. The normalized spacial score (nSPS) is 21.4. The summed E-state index contributed by atoms with van der Waals surface area (Å²) in [5.41, 5.74) is 1.35. The van der Waals surface area contributed by atoms with Gasteiger partial charge in [-0.1, -0.05) is 19.3 Å². The fourth-order valence-electron chi connectivity index (χ4n) is 3.43. The lowest BCUT2D eigenvalue weighted by molar-refractivity contribution is -0.120. The molecule has 1 saturated heterocycles. The predicted octanol–water partition coefficient (Wildman–Crippen LogP) is 3.11. The van der Waals surface area contributed by atoms with E-state index in [1.807, 2.05) is 0 Å². The minimum Gasteiger partial charge on any atom is -0.376 e. The quantitative estimate of drug-likeness (QED) is 0.872. The van der Waals surface area contributed by atoms with Gasteiger partial charge in [-0.2, -0.15) is 0 Å². The molecule has 1 aliphatic heterocycles. The highest BCUT2D eigenvalue weighted by Gasteiger charge is 2.21. The van der Waals surface area contributed by atoms with E-state index in [0.717, 1.165) is 50.8 Å². The molecule has 1 unspecified atom stereocenters. The second kappa shape index (κ2) is 8.29. The SMILES string of the molecule is O=C(NCC1CCCO1)c1ccc(NC(=O)C2CCCCC2)cc1. The molecule has 0 radical (unpaired) electrons. The summed E-state index contributed by atoms with van der Waals surface area (Å²) < 4.78 is 5.50. The van der Waals surface area contributed by atoms with E-state index in [4.69, 9.17) is 4.74 Å². The van der Waals surface area contributed by atoms with Crippen molar-refractivity contribution in [1.82, 2.24) is 5.32 Å². The van der Waals surface area contributed by atoms with Crippen molar-refractivity contribution in [3.63, 3.8) is 0 Å². The molecule has 130 valence electrons. The lowest BCUT2D eigenvalue weighted by Gasteiger charge is -2.20. The van der Waals surface area contributed by atoms with Crippen molar-refractivity contribution in [2.75, 3.05) is 18.5 Å². The van der Waals surface area contributed by atoms with E-state index >= 15 is 0 Å². The van der Waals surface area contributed by atoms with Gasteiger partial charge in [0, 0.05) is 30.3 Å². The zero-order chi connectivity index (χ0) is 16.8. The number of hydrogen-bond acceptors (Lipinski definition) is 3. The molecular formula is C19H26N2O3. The number of carbonyl (C=O) groups is 2. The van der Waals surface area contributed by atoms with Crippen molar-refractivity contribution in [3.05, 3.63) is 29.8 Å². The molecule has 0 bridgehead atoms. The van der Waals surface area contributed by atoms with Gasteiger partial charge in [-0.25, -0.2) is 0 Å². The summed E-state index contributed by atoms with van der Waals surface area (Å²) in [6, 6.07) is 7.09. The van der Waals surface area contributed by atoms with E-state index in [1.165, 1.54) is 6.42 Å².